The minimum absolute atomic E-state index is 0.00398. The molecule has 2 aromatic carbocycles. The van der Waals surface area contributed by atoms with Crippen LogP contribution in [-0.2, 0) is 17.8 Å². The standard InChI is InChI=1S/C20H18Cl2N2OS/c21-15-3-1-13(2-4-15)11-25-20-14(9-19-23-7-8-24-19)12-26-18-10-16(22)5-6-17(18)20/h1-8,10,14,20H,9,11-12H2,(H,23,24)/t14-,20-/m0/s1. The van der Waals surface area contributed by atoms with E-state index in [-0.39, 0.29) is 6.10 Å². The van der Waals surface area contributed by atoms with Gasteiger partial charge in [-0.15, -0.1) is 11.8 Å². The third-order valence-electron chi connectivity index (χ3n) is 4.52. The molecule has 26 heavy (non-hydrogen) atoms. The Morgan fingerprint density at radius 1 is 1.12 bits per heavy atom. The van der Waals surface area contributed by atoms with Crippen LogP contribution in [0.25, 0.3) is 0 Å². The summed E-state index contributed by atoms with van der Waals surface area (Å²) >= 11 is 14.0. The van der Waals surface area contributed by atoms with E-state index in [4.69, 9.17) is 27.9 Å². The van der Waals surface area contributed by atoms with Crippen LogP contribution in [0.15, 0.2) is 59.8 Å². The molecule has 0 bridgehead atoms. The van der Waals surface area contributed by atoms with Crippen molar-refractivity contribution < 1.29 is 4.74 Å². The minimum Gasteiger partial charge on any atom is -0.368 e. The molecule has 0 amide bonds. The highest BCUT2D eigenvalue weighted by Gasteiger charge is 2.31. The molecule has 0 spiro atoms. The number of hydrogen-bond donors (Lipinski definition) is 1. The van der Waals surface area contributed by atoms with Crippen LogP contribution in [-0.4, -0.2) is 15.7 Å². The third kappa shape index (κ3) is 4.09. The molecule has 134 valence electrons. The number of aromatic nitrogens is 2. The van der Waals surface area contributed by atoms with E-state index in [9.17, 15) is 0 Å². The molecule has 3 nitrogen and oxygen atoms in total. The van der Waals surface area contributed by atoms with Gasteiger partial charge in [0.05, 0.1) is 12.7 Å². The van der Waals surface area contributed by atoms with Gasteiger partial charge in [0.2, 0.25) is 0 Å². The maximum atomic E-state index is 6.40. The van der Waals surface area contributed by atoms with Gasteiger partial charge in [0, 0.05) is 45.4 Å². The molecule has 2 heterocycles. The van der Waals surface area contributed by atoms with Gasteiger partial charge in [-0.3, -0.25) is 0 Å². The number of nitrogens with one attached hydrogen (secondary N) is 1. The molecule has 1 aliphatic heterocycles. The summed E-state index contributed by atoms with van der Waals surface area (Å²) in [5.41, 5.74) is 2.32. The summed E-state index contributed by atoms with van der Waals surface area (Å²) in [6.07, 6.45) is 4.52. The SMILES string of the molecule is Clc1ccc(CO[C@@H]2c3ccc(Cl)cc3SC[C@@H]2Cc2ncc[nH]2)cc1. The number of aromatic amines is 1. The second-order valence-electron chi connectivity index (χ2n) is 6.35. The summed E-state index contributed by atoms with van der Waals surface area (Å²) in [6, 6.07) is 13.9. The van der Waals surface area contributed by atoms with E-state index in [1.165, 1.54) is 10.5 Å². The summed E-state index contributed by atoms with van der Waals surface area (Å²) in [7, 11) is 0. The van der Waals surface area contributed by atoms with Crippen molar-refractivity contribution in [2.45, 2.75) is 24.0 Å². The highest BCUT2D eigenvalue weighted by molar-refractivity contribution is 7.99. The predicted molar refractivity (Wildman–Crippen MR) is 107 cm³/mol. The molecule has 0 saturated heterocycles. The van der Waals surface area contributed by atoms with Crippen LogP contribution >= 0.6 is 35.0 Å². The molecule has 1 aliphatic rings. The Hall–Kier alpha value is -1.46. The molecule has 0 unspecified atom stereocenters. The fourth-order valence-corrected chi connectivity index (χ4v) is 4.83. The number of hydrogen-bond acceptors (Lipinski definition) is 3. The van der Waals surface area contributed by atoms with Crippen LogP contribution in [0.5, 0.6) is 0 Å². The van der Waals surface area contributed by atoms with Crippen molar-refractivity contribution in [2.75, 3.05) is 5.75 Å². The van der Waals surface area contributed by atoms with Gasteiger partial charge in [-0.05, 0) is 35.4 Å². The molecule has 0 radical (unpaired) electrons. The molecule has 2 atom stereocenters. The van der Waals surface area contributed by atoms with Gasteiger partial charge in [-0.25, -0.2) is 4.98 Å². The molecule has 3 aromatic rings. The zero-order chi connectivity index (χ0) is 17.9. The molecule has 0 saturated carbocycles. The molecular weight excluding hydrogens is 387 g/mol. The van der Waals surface area contributed by atoms with Crippen molar-refractivity contribution in [3.8, 4) is 0 Å². The summed E-state index contributed by atoms with van der Waals surface area (Å²) in [5.74, 6) is 2.31. The van der Waals surface area contributed by atoms with E-state index in [1.54, 1.807) is 6.20 Å². The summed E-state index contributed by atoms with van der Waals surface area (Å²) in [4.78, 5) is 8.80. The van der Waals surface area contributed by atoms with E-state index in [0.717, 1.165) is 33.6 Å². The third-order valence-corrected chi connectivity index (χ3v) is 6.26. The van der Waals surface area contributed by atoms with Crippen molar-refractivity contribution in [2.24, 2.45) is 5.92 Å². The van der Waals surface area contributed by atoms with Gasteiger partial charge >= 0.3 is 0 Å². The summed E-state index contributed by atoms with van der Waals surface area (Å²) in [6.45, 7) is 0.545. The average molecular weight is 405 g/mol. The lowest BCUT2D eigenvalue weighted by Gasteiger charge is -2.33. The van der Waals surface area contributed by atoms with Crippen LogP contribution in [0.3, 0.4) is 0 Å². The van der Waals surface area contributed by atoms with Crippen molar-refractivity contribution in [1.82, 2.24) is 9.97 Å². The van der Waals surface area contributed by atoms with Gasteiger partial charge in [-0.1, -0.05) is 41.4 Å². The Balaban J connectivity index is 1.57. The molecule has 1 N–H and O–H groups in total. The Labute approximate surface area is 167 Å². The summed E-state index contributed by atoms with van der Waals surface area (Å²) < 4.78 is 6.40. The number of ether oxygens (including phenoxy) is 1. The van der Waals surface area contributed by atoms with Crippen LogP contribution < -0.4 is 0 Å². The van der Waals surface area contributed by atoms with Gasteiger partial charge in [0.15, 0.2) is 0 Å². The Morgan fingerprint density at radius 2 is 1.92 bits per heavy atom. The highest BCUT2D eigenvalue weighted by Crippen LogP contribution is 2.44. The van der Waals surface area contributed by atoms with Gasteiger partial charge in [0.25, 0.3) is 0 Å². The quantitative estimate of drug-likeness (QED) is 0.571. The van der Waals surface area contributed by atoms with Crippen molar-refractivity contribution in [1.29, 1.82) is 0 Å². The number of halogens is 2. The fraction of sp³-hybridized carbons (Fsp3) is 0.250. The zero-order valence-corrected chi connectivity index (χ0v) is 16.3. The van der Waals surface area contributed by atoms with E-state index >= 15 is 0 Å². The fourth-order valence-electron chi connectivity index (χ4n) is 3.22. The first kappa shape index (κ1) is 17.9. The predicted octanol–water partition coefficient (Wildman–Crippen LogP) is 5.94. The maximum Gasteiger partial charge on any atom is 0.106 e. The first-order chi connectivity index (χ1) is 12.7. The van der Waals surface area contributed by atoms with E-state index in [2.05, 4.69) is 16.0 Å². The Kier molecular flexibility index (Phi) is 5.55. The van der Waals surface area contributed by atoms with E-state index < -0.39 is 0 Å². The van der Waals surface area contributed by atoms with E-state index in [0.29, 0.717) is 12.5 Å². The normalized spacial score (nSPS) is 19.3. The molecule has 0 aliphatic carbocycles. The molecule has 1 aromatic heterocycles. The number of thioether (sulfide) groups is 1. The second-order valence-corrected chi connectivity index (χ2v) is 8.29. The van der Waals surface area contributed by atoms with E-state index in [1.807, 2.05) is 54.4 Å². The van der Waals surface area contributed by atoms with Crippen LogP contribution in [0.4, 0.5) is 0 Å². The van der Waals surface area contributed by atoms with Crippen LogP contribution in [0.1, 0.15) is 23.1 Å². The number of imidazole rings is 1. The van der Waals surface area contributed by atoms with Gasteiger partial charge in [0.1, 0.15) is 5.82 Å². The van der Waals surface area contributed by atoms with Crippen molar-refractivity contribution >= 4 is 35.0 Å². The first-order valence-electron chi connectivity index (χ1n) is 8.45. The lowest BCUT2D eigenvalue weighted by molar-refractivity contribution is 0.00175. The summed E-state index contributed by atoms with van der Waals surface area (Å²) in [5, 5.41) is 1.50. The number of nitrogens with zero attached hydrogens (tertiary/aromatic N) is 1. The van der Waals surface area contributed by atoms with Crippen LogP contribution in [0, 0.1) is 5.92 Å². The highest BCUT2D eigenvalue weighted by atomic mass is 35.5. The topological polar surface area (TPSA) is 37.9 Å². The van der Waals surface area contributed by atoms with Gasteiger partial charge < -0.3 is 9.72 Å². The minimum atomic E-state index is 0.00398. The Morgan fingerprint density at radius 3 is 2.69 bits per heavy atom. The lowest BCUT2D eigenvalue weighted by atomic mass is 9.93. The lowest BCUT2D eigenvalue weighted by Crippen LogP contribution is -2.25. The van der Waals surface area contributed by atoms with Crippen molar-refractivity contribution in [3.05, 3.63) is 81.9 Å². The number of benzene rings is 2. The van der Waals surface area contributed by atoms with Crippen molar-refractivity contribution in [3.63, 3.8) is 0 Å². The number of fused-ring (bicyclic) bond motifs is 1. The molecule has 4 rings (SSSR count). The first-order valence-corrected chi connectivity index (χ1v) is 10.2. The zero-order valence-electron chi connectivity index (χ0n) is 14.0. The van der Waals surface area contributed by atoms with Crippen LogP contribution in [0.2, 0.25) is 10.0 Å². The second kappa shape index (κ2) is 8.05. The largest absolute Gasteiger partial charge is 0.368 e. The number of rotatable bonds is 5. The molecule has 6 heteroatoms. The average Bonchev–Trinajstić information content (AvgIpc) is 3.15. The maximum absolute atomic E-state index is 6.40. The molecule has 0 fully saturated rings. The van der Waals surface area contributed by atoms with Gasteiger partial charge in [-0.2, -0.15) is 0 Å². The molecular formula is C20H18Cl2N2OS. The smallest absolute Gasteiger partial charge is 0.106 e. The Bertz CT molecular complexity index is 868. The monoisotopic (exact) mass is 404 g/mol. The number of H-pyrrole nitrogens is 1.